The molecule has 0 aliphatic carbocycles. The van der Waals surface area contributed by atoms with Gasteiger partial charge in [-0.05, 0) is 83.4 Å². The molecule has 2 rings (SSSR count). The SMILES string of the molecule is CN(C)c1cccc2c(S(=O)(=O)NCCCCCNC(=O)NCCCNCCCCNCCCN)cccc12. The predicted octanol–water partition coefficient (Wildman–Crippen LogP) is 2.35. The summed E-state index contributed by atoms with van der Waals surface area (Å²) in [4.78, 5) is 14.2. The third-order valence-corrected chi connectivity index (χ3v) is 7.91. The minimum atomic E-state index is -3.62. The van der Waals surface area contributed by atoms with E-state index >= 15 is 0 Å². The molecule has 0 fully saturated rings. The number of urea groups is 1. The molecule has 2 aromatic rings. The van der Waals surface area contributed by atoms with Gasteiger partial charge in [-0.15, -0.1) is 0 Å². The Bertz CT molecular complexity index is 1080. The van der Waals surface area contributed by atoms with Gasteiger partial charge in [0.2, 0.25) is 10.0 Å². The number of benzene rings is 2. The van der Waals surface area contributed by atoms with Crippen molar-refractivity contribution < 1.29 is 13.2 Å². The van der Waals surface area contributed by atoms with Crippen LogP contribution in [0, 0.1) is 0 Å². The fraction of sp³-hybridized carbons (Fsp3) is 0.607. The average Bonchev–Trinajstić information content (AvgIpc) is 2.92. The Morgan fingerprint density at radius 1 is 0.718 bits per heavy atom. The Hall–Kier alpha value is -2.44. The number of rotatable bonds is 21. The smallest absolute Gasteiger partial charge is 0.314 e. The first-order chi connectivity index (χ1) is 18.9. The van der Waals surface area contributed by atoms with E-state index in [1.807, 2.05) is 43.3 Å². The maximum atomic E-state index is 13.0. The lowest BCUT2D eigenvalue weighted by molar-refractivity contribution is 0.240. The molecule has 0 aliphatic heterocycles. The molecule has 0 atom stereocenters. The Labute approximate surface area is 234 Å². The molecule has 7 N–H and O–H groups in total. The van der Waals surface area contributed by atoms with Crippen LogP contribution in [0.5, 0.6) is 0 Å². The van der Waals surface area contributed by atoms with Crippen molar-refractivity contribution in [2.45, 2.75) is 49.8 Å². The fourth-order valence-corrected chi connectivity index (χ4v) is 5.55. The second kappa shape index (κ2) is 18.8. The number of unbranched alkanes of at least 4 members (excludes halogenated alkanes) is 3. The van der Waals surface area contributed by atoms with Gasteiger partial charge >= 0.3 is 6.03 Å². The lowest BCUT2D eigenvalue weighted by Gasteiger charge is -2.17. The summed E-state index contributed by atoms with van der Waals surface area (Å²) in [5.41, 5.74) is 6.44. The lowest BCUT2D eigenvalue weighted by Crippen LogP contribution is -2.37. The van der Waals surface area contributed by atoms with E-state index in [-0.39, 0.29) is 6.03 Å². The van der Waals surface area contributed by atoms with E-state index in [1.54, 1.807) is 12.1 Å². The number of nitrogens with zero attached hydrogens (tertiary/aromatic N) is 1. The highest BCUT2D eigenvalue weighted by Gasteiger charge is 2.18. The Balaban J connectivity index is 1.51. The first-order valence-corrected chi connectivity index (χ1v) is 15.7. The highest BCUT2D eigenvalue weighted by molar-refractivity contribution is 7.89. The van der Waals surface area contributed by atoms with Gasteiger partial charge in [0.05, 0.1) is 4.90 Å². The number of hydrogen-bond acceptors (Lipinski definition) is 7. The largest absolute Gasteiger partial charge is 0.377 e. The number of carbonyl (C=O) groups is 1. The van der Waals surface area contributed by atoms with Crippen LogP contribution in [0.1, 0.15) is 44.9 Å². The van der Waals surface area contributed by atoms with E-state index < -0.39 is 10.0 Å². The molecule has 0 radical (unpaired) electrons. The lowest BCUT2D eigenvalue weighted by atomic mass is 10.1. The molecule has 0 saturated carbocycles. The normalized spacial score (nSPS) is 11.6. The number of carbonyl (C=O) groups excluding carboxylic acids is 1. The molecule has 220 valence electrons. The quantitative estimate of drug-likeness (QED) is 0.128. The third kappa shape index (κ3) is 12.5. The summed E-state index contributed by atoms with van der Waals surface area (Å²) in [7, 11) is 0.266. The zero-order valence-corrected chi connectivity index (χ0v) is 24.5. The molecule has 0 bridgehead atoms. The molecule has 0 saturated heterocycles. The van der Waals surface area contributed by atoms with Gasteiger partial charge in [0.15, 0.2) is 0 Å². The molecule has 0 aliphatic rings. The van der Waals surface area contributed by atoms with Gasteiger partial charge in [0.1, 0.15) is 0 Å². The van der Waals surface area contributed by atoms with E-state index in [1.165, 1.54) is 0 Å². The zero-order chi connectivity index (χ0) is 28.3. The molecule has 11 heteroatoms. The number of nitrogens with one attached hydrogen (secondary N) is 5. The first kappa shape index (κ1) is 32.8. The van der Waals surface area contributed by atoms with Crippen molar-refractivity contribution in [3.63, 3.8) is 0 Å². The molecular formula is C28H49N7O3S. The maximum Gasteiger partial charge on any atom is 0.314 e. The van der Waals surface area contributed by atoms with Gasteiger partial charge in [-0.2, -0.15) is 0 Å². The van der Waals surface area contributed by atoms with Gasteiger partial charge in [-0.25, -0.2) is 17.9 Å². The van der Waals surface area contributed by atoms with Gasteiger partial charge in [0, 0.05) is 50.2 Å². The molecule has 0 unspecified atom stereocenters. The predicted molar refractivity (Wildman–Crippen MR) is 162 cm³/mol. The highest BCUT2D eigenvalue weighted by atomic mass is 32.2. The molecule has 0 spiro atoms. The van der Waals surface area contributed by atoms with Crippen molar-refractivity contribution in [2.24, 2.45) is 5.73 Å². The first-order valence-electron chi connectivity index (χ1n) is 14.2. The maximum absolute atomic E-state index is 13.0. The molecule has 39 heavy (non-hydrogen) atoms. The summed E-state index contributed by atoms with van der Waals surface area (Å²) in [6.45, 7) is 6.17. The van der Waals surface area contributed by atoms with Crippen LogP contribution < -0.4 is 36.6 Å². The molecule has 0 heterocycles. The van der Waals surface area contributed by atoms with Crippen molar-refractivity contribution >= 4 is 32.5 Å². The van der Waals surface area contributed by atoms with Crippen LogP contribution >= 0.6 is 0 Å². The van der Waals surface area contributed by atoms with E-state index in [2.05, 4.69) is 26.0 Å². The molecule has 0 aromatic heterocycles. The van der Waals surface area contributed by atoms with Gasteiger partial charge in [-0.3, -0.25) is 0 Å². The fourth-order valence-electron chi connectivity index (χ4n) is 4.26. The van der Waals surface area contributed by atoms with E-state index in [9.17, 15) is 13.2 Å². The Morgan fingerprint density at radius 2 is 1.28 bits per heavy atom. The van der Waals surface area contributed by atoms with E-state index in [0.29, 0.717) is 36.3 Å². The number of sulfonamides is 1. The molecule has 2 aromatic carbocycles. The van der Waals surface area contributed by atoms with Crippen LogP contribution in [0.2, 0.25) is 0 Å². The molecule has 10 nitrogen and oxygen atoms in total. The van der Waals surface area contributed by atoms with Crippen molar-refractivity contribution in [1.82, 2.24) is 26.0 Å². The summed E-state index contributed by atoms with van der Waals surface area (Å²) >= 11 is 0. The van der Waals surface area contributed by atoms with Crippen LogP contribution in [0.15, 0.2) is 41.3 Å². The zero-order valence-electron chi connectivity index (χ0n) is 23.7. The number of anilines is 1. The van der Waals surface area contributed by atoms with Crippen LogP contribution in [0.25, 0.3) is 10.8 Å². The summed E-state index contributed by atoms with van der Waals surface area (Å²) < 4.78 is 28.7. The number of fused-ring (bicyclic) bond motifs is 1. The van der Waals surface area contributed by atoms with Gasteiger partial charge < -0.3 is 31.9 Å². The van der Waals surface area contributed by atoms with E-state index in [4.69, 9.17) is 5.73 Å². The Morgan fingerprint density at radius 3 is 1.97 bits per heavy atom. The highest BCUT2D eigenvalue weighted by Crippen LogP contribution is 2.30. The van der Waals surface area contributed by atoms with Crippen molar-refractivity contribution in [3.05, 3.63) is 36.4 Å². The topological polar surface area (TPSA) is 141 Å². The van der Waals surface area contributed by atoms with Crippen molar-refractivity contribution in [3.8, 4) is 0 Å². The monoisotopic (exact) mass is 563 g/mol. The molecule has 2 amide bonds. The standard InChI is InChI=1S/C28H49N7O3S/c1-35(2)26-14-8-13-25-24(26)12-9-15-27(25)39(37,38)34-23-5-3-4-21-32-28(36)33-22-11-20-31-18-7-6-17-30-19-10-16-29/h8-9,12-15,30-31,34H,3-7,10-11,16-23,29H2,1-2H3,(H2,32,33,36). The summed E-state index contributed by atoms with van der Waals surface area (Å²) in [5, 5.41) is 14.1. The van der Waals surface area contributed by atoms with Gasteiger partial charge in [0.25, 0.3) is 0 Å². The minimum absolute atomic E-state index is 0.160. The number of hydrogen-bond donors (Lipinski definition) is 6. The van der Waals surface area contributed by atoms with Crippen molar-refractivity contribution in [1.29, 1.82) is 0 Å². The average molecular weight is 564 g/mol. The number of nitrogens with two attached hydrogens (primary N) is 1. The summed E-state index contributed by atoms with van der Waals surface area (Å²) in [6, 6.07) is 10.9. The summed E-state index contributed by atoms with van der Waals surface area (Å²) in [5.74, 6) is 0. The van der Waals surface area contributed by atoms with Crippen LogP contribution in [-0.4, -0.2) is 80.9 Å². The second-order valence-corrected chi connectivity index (χ2v) is 11.6. The second-order valence-electron chi connectivity index (χ2n) is 9.87. The van der Waals surface area contributed by atoms with Crippen LogP contribution in [-0.2, 0) is 10.0 Å². The minimum Gasteiger partial charge on any atom is -0.377 e. The van der Waals surface area contributed by atoms with Crippen molar-refractivity contribution in [2.75, 3.05) is 71.4 Å². The van der Waals surface area contributed by atoms with Crippen LogP contribution in [0.3, 0.4) is 0 Å². The third-order valence-electron chi connectivity index (χ3n) is 6.39. The molecular weight excluding hydrogens is 514 g/mol. The van der Waals surface area contributed by atoms with Crippen LogP contribution in [0.4, 0.5) is 10.5 Å². The summed E-state index contributed by atoms with van der Waals surface area (Å²) in [6.07, 6.45) is 6.49. The van der Waals surface area contributed by atoms with E-state index in [0.717, 1.165) is 82.3 Å². The Kier molecular flexibility index (Phi) is 15.8. The number of amides is 2. The van der Waals surface area contributed by atoms with Gasteiger partial charge in [-0.1, -0.05) is 30.7 Å².